The highest BCUT2D eigenvalue weighted by atomic mass is 35.5. The van der Waals surface area contributed by atoms with Crippen LogP contribution in [0.1, 0.15) is 24.0 Å². The van der Waals surface area contributed by atoms with Crippen LogP contribution in [0.4, 0.5) is 0 Å². The molecule has 1 saturated heterocycles. The standard InChI is InChI=1S/C22H25Cl3N2OS/c23-19-5-2-1-4-17(19)14-27-11-8-16(9-12-27)22(28)26-10-13-29-15-18-20(24)6-3-7-21(18)25/h1-7,16H,8-15H2,(H,26,28). The first kappa shape index (κ1) is 22.8. The molecule has 156 valence electrons. The lowest BCUT2D eigenvalue weighted by Crippen LogP contribution is -2.40. The number of likely N-dealkylation sites (tertiary alicyclic amines) is 1. The number of nitrogens with zero attached hydrogens (tertiary/aromatic N) is 1. The summed E-state index contributed by atoms with van der Waals surface area (Å²) in [5.41, 5.74) is 2.10. The molecule has 1 amide bonds. The van der Waals surface area contributed by atoms with E-state index in [0.717, 1.165) is 60.1 Å². The fourth-order valence-corrected chi connectivity index (χ4v) is 5.25. The van der Waals surface area contributed by atoms with Crippen molar-refractivity contribution in [3.8, 4) is 0 Å². The summed E-state index contributed by atoms with van der Waals surface area (Å²) in [7, 11) is 0. The summed E-state index contributed by atoms with van der Waals surface area (Å²) in [6, 6.07) is 13.5. The van der Waals surface area contributed by atoms with Gasteiger partial charge < -0.3 is 5.32 Å². The van der Waals surface area contributed by atoms with Gasteiger partial charge in [-0.1, -0.05) is 59.1 Å². The first-order chi connectivity index (χ1) is 14.0. The quantitative estimate of drug-likeness (QED) is 0.486. The minimum Gasteiger partial charge on any atom is -0.355 e. The number of thioether (sulfide) groups is 1. The van der Waals surface area contributed by atoms with Crippen LogP contribution in [-0.4, -0.2) is 36.2 Å². The predicted octanol–water partition coefficient (Wildman–Crippen LogP) is 5.91. The highest BCUT2D eigenvalue weighted by molar-refractivity contribution is 7.98. The van der Waals surface area contributed by atoms with E-state index in [2.05, 4.69) is 16.3 Å². The number of amides is 1. The van der Waals surface area contributed by atoms with Crippen molar-refractivity contribution in [2.75, 3.05) is 25.4 Å². The lowest BCUT2D eigenvalue weighted by molar-refractivity contribution is -0.126. The molecule has 0 aliphatic carbocycles. The van der Waals surface area contributed by atoms with E-state index < -0.39 is 0 Å². The molecule has 3 rings (SSSR count). The Hall–Kier alpha value is -0.910. The maximum absolute atomic E-state index is 12.5. The van der Waals surface area contributed by atoms with Gasteiger partial charge in [-0.25, -0.2) is 0 Å². The minimum atomic E-state index is 0.0977. The molecular weight excluding hydrogens is 447 g/mol. The van der Waals surface area contributed by atoms with Gasteiger partial charge in [0, 0.05) is 45.6 Å². The van der Waals surface area contributed by atoms with Crippen LogP contribution in [0.3, 0.4) is 0 Å². The molecule has 1 N–H and O–H groups in total. The number of benzene rings is 2. The molecule has 0 saturated carbocycles. The largest absolute Gasteiger partial charge is 0.355 e. The highest BCUT2D eigenvalue weighted by Crippen LogP contribution is 2.28. The van der Waals surface area contributed by atoms with Crippen molar-refractivity contribution in [1.82, 2.24) is 10.2 Å². The van der Waals surface area contributed by atoms with Crippen molar-refractivity contribution in [3.05, 3.63) is 68.7 Å². The summed E-state index contributed by atoms with van der Waals surface area (Å²) in [4.78, 5) is 14.8. The van der Waals surface area contributed by atoms with Gasteiger partial charge in [-0.3, -0.25) is 9.69 Å². The molecule has 1 aliphatic rings. The zero-order chi connectivity index (χ0) is 20.6. The molecule has 3 nitrogen and oxygen atoms in total. The Morgan fingerprint density at radius 1 is 1.00 bits per heavy atom. The fraction of sp³-hybridized carbons (Fsp3) is 0.409. The van der Waals surface area contributed by atoms with Gasteiger partial charge in [0.2, 0.25) is 5.91 Å². The van der Waals surface area contributed by atoms with Crippen LogP contribution < -0.4 is 5.32 Å². The molecule has 0 aromatic heterocycles. The van der Waals surface area contributed by atoms with E-state index in [4.69, 9.17) is 34.8 Å². The summed E-state index contributed by atoms with van der Waals surface area (Å²) in [5, 5.41) is 5.27. The second-order valence-electron chi connectivity index (χ2n) is 7.19. The van der Waals surface area contributed by atoms with E-state index in [0.29, 0.717) is 16.6 Å². The topological polar surface area (TPSA) is 32.3 Å². The van der Waals surface area contributed by atoms with Crippen molar-refractivity contribution in [3.63, 3.8) is 0 Å². The maximum Gasteiger partial charge on any atom is 0.223 e. The van der Waals surface area contributed by atoms with E-state index in [9.17, 15) is 4.79 Å². The summed E-state index contributed by atoms with van der Waals surface area (Å²) in [6.07, 6.45) is 1.78. The Balaban J connectivity index is 1.33. The molecule has 0 radical (unpaired) electrons. The van der Waals surface area contributed by atoms with E-state index >= 15 is 0 Å². The fourth-order valence-electron chi connectivity index (χ4n) is 3.46. The number of nitrogens with one attached hydrogen (secondary N) is 1. The molecule has 29 heavy (non-hydrogen) atoms. The van der Waals surface area contributed by atoms with Crippen LogP contribution in [0.15, 0.2) is 42.5 Å². The molecule has 1 heterocycles. The van der Waals surface area contributed by atoms with Gasteiger partial charge in [-0.2, -0.15) is 11.8 Å². The van der Waals surface area contributed by atoms with Crippen LogP contribution in [-0.2, 0) is 17.1 Å². The van der Waals surface area contributed by atoms with Crippen molar-refractivity contribution >= 4 is 52.5 Å². The van der Waals surface area contributed by atoms with Crippen LogP contribution in [0.25, 0.3) is 0 Å². The van der Waals surface area contributed by atoms with Crippen LogP contribution >= 0.6 is 46.6 Å². The summed E-state index contributed by atoms with van der Waals surface area (Å²) in [5.74, 6) is 1.84. The van der Waals surface area contributed by atoms with Crippen molar-refractivity contribution in [2.24, 2.45) is 5.92 Å². The molecule has 0 unspecified atom stereocenters. The van der Waals surface area contributed by atoms with Gasteiger partial charge in [-0.15, -0.1) is 0 Å². The normalized spacial score (nSPS) is 15.4. The average Bonchev–Trinajstić information content (AvgIpc) is 2.72. The predicted molar refractivity (Wildman–Crippen MR) is 125 cm³/mol. The molecule has 0 spiro atoms. The first-order valence-electron chi connectivity index (χ1n) is 9.78. The monoisotopic (exact) mass is 470 g/mol. The summed E-state index contributed by atoms with van der Waals surface area (Å²) in [6.45, 7) is 3.34. The van der Waals surface area contributed by atoms with Gasteiger partial charge in [0.05, 0.1) is 0 Å². The first-order valence-corrected chi connectivity index (χ1v) is 12.1. The minimum absolute atomic E-state index is 0.0977. The molecule has 1 fully saturated rings. The Morgan fingerprint density at radius 3 is 2.34 bits per heavy atom. The lowest BCUT2D eigenvalue weighted by Gasteiger charge is -2.31. The summed E-state index contributed by atoms with van der Waals surface area (Å²) >= 11 is 20.4. The highest BCUT2D eigenvalue weighted by Gasteiger charge is 2.24. The van der Waals surface area contributed by atoms with Gasteiger partial charge in [0.15, 0.2) is 0 Å². The molecular formula is C22H25Cl3N2OS. The smallest absolute Gasteiger partial charge is 0.223 e. The second kappa shape index (κ2) is 11.5. The third kappa shape index (κ3) is 6.80. The van der Waals surface area contributed by atoms with Gasteiger partial charge in [0.25, 0.3) is 0 Å². The number of hydrogen-bond acceptors (Lipinski definition) is 3. The van der Waals surface area contributed by atoms with Gasteiger partial charge in [-0.05, 0) is 55.3 Å². The summed E-state index contributed by atoms with van der Waals surface area (Å²) < 4.78 is 0. The Kier molecular flexibility index (Phi) is 9.01. The number of rotatable bonds is 8. The maximum atomic E-state index is 12.5. The molecule has 0 atom stereocenters. The SMILES string of the molecule is O=C(NCCSCc1c(Cl)cccc1Cl)C1CCN(Cc2ccccc2Cl)CC1. The van der Waals surface area contributed by atoms with Crippen LogP contribution in [0, 0.1) is 5.92 Å². The van der Waals surface area contributed by atoms with E-state index in [1.807, 2.05) is 36.4 Å². The lowest BCUT2D eigenvalue weighted by atomic mass is 9.95. The molecule has 0 bridgehead atoms. The second-order valence-corrected chi connectivity index (χ2v) is 9.51. The zero-order valence-corrected chi connectivity index (χ0v) is 19.3. The number of hydrogen-bond donors (Lipinski definition) is 1. The molecule has 2 aromatic rings. The van der Waals surface area contributed by atoms with E-state index in [1.165, 1.54) is 0 Å². The number of piperidine rings is 1. The molecule has 7 heteroatoms. The number of halogens is 3. The average molecular weight is 472 g/mol. The number of carbonyl (C=O) groups is 1. The van der Waals surface area contributed by atoms with E-state index in [1.54, 1.807) is 11.8 Å². The van der Waals surface area contributed by atoms with Crippen LogP contribution in [0.2, 0.25) is 15.1 Å². The number of carbonyl (C=O) groups excluding carboxylic acids is 1. The third-order valence-corrected chi connectivity index (χ3v) is 7.23. The van der Waals surface area contributed by atoms with Crippen molar-refractivity contribution in [2.45, 2.75) is 25.1 Å². The molecule has 1 aliphatic heterocycles. The van der Waals surface area contributed by atoms with Crippen molar-refractivity contribution < 1.29 is 4.79 Å². The van der Waals surface area contributed by atoms with Gasteiger partial charge >= 0.3 is 0 Å². The molecule has 2 aromatic carbocycles. The third-order valence-electron chi connectivity index (χ3n) is 5.16. The van der Waals surface area contributed by atoms with Gasteiger partial charge in [0.1, 0.15) is 0 Å². The Morgan fingerprint density at radius 2 is 1.66 bits per heavy atom. The Bertz CT molecular complexity index is 805. The van der Waals surface area contributed by atoms with Crippen LogP contribution in [0.5, 0.6) is 0 Å². The van der Waals surface area contributed by atoms with E-state index in [-0.39, 0.29) is 11.8 Å². The van der Waals surface area contributed by atoms with Crippen molar-refractivity contribution in [1.29, 1.82) is 0 Å². The zero-order valence-electron chi connectivity index (χ0n) is 16.2. The Labute approximate surface area is 192 Å².